The van der Waals surface area contributed by atoms with Crippen LogP contribution in [0.3, 0.4) is 0 Å². The van der Waals surface area contributed by atoms with Crippen molar-refractivity contribution in [1.82, 2.24) is 5.01 Å². The maximum Gasteiger partial charge on any atom is 0.573 e. The van der Waals surface area contributed by atoms with E-state index in [1.165, 1.54) is 12.1 Å². The highest BCUT2D eigenvalue weighted by molar-refractivity contribution is 7.98. The minimum absolute atomic E-state index is 0.0640. The SMILES string of the molecule is CCOC(=O)C1(CCSC)CN(C(=O)Nc2ccc(OC(F)(F)F)cc2)N=C1c1ccc(Cl)cc1. The topological polar surface area (TPSA) is 80.2 Å². The number of alkyl halides is 3. The second-order valence-corrected chi connectivity index (χ2v) is 8.98. The average Bonchev–Trinajstić information content (AvgIpc) is 3.20. The van der Waals surface area contributed by atoms with Gasteiger partial charge in [-0.15, -0.1) is 13.2 Å². The third kappa shape index (κ3) is 6.61. The number of hydrazone groups is 1. The molecule has 0 aromatic heterocycles. The third-order valence-corrected chi connectivity index (χ3v) is 6.05. The van der Waals surface area contributed by atoms with E-state index in [1.54, 1.807) is 43.0 Å². The Morgan fingerprint density at radius 2 is 1.83 bits per heavy atom. The fraction of sp³-hybridized carbons (Fsp3) is 0.348. The first kappa shape index (κ1) is 26.7. The molecule has 2 amide bonds. The Labute approximate surface area is 209 Å². The van der Waals surface area contributed by atoms with Crippen LogP contribution < -0.4 is 10.1 Å². The van der Waals surface area contributed by atoms with E-state index in [0.717, 1.165) is 17.1 Å². The third-order valence-electron chi connectivity index (χ3n) is 5.18. The first-order valence-electron chi connectivity index (χ1n) is 10.5. The lowest BCUT2D eigenvalue weighted by Crippen LogP contribution is -2.45. The zero-order chi connectivity index (χ0) is 25.6. The molecule has 188 valence electrons. The predicted molar refractivity (Wildman–Crippen MR) is 129 cm³/mol. The van der Waals surface area contributed by atoms with Crippen molar-refractivity contribution in [2.24, 2.45) is 10.5 Å². The highest BCUT2D eigenvalue weighted by atomic mass is 35.5. The number of hydrogen-bond acceptors (Lipinski definition) is 6. The predicted octanol–water partition coefficient (Wildman–Crippen LogP) is 5.79. The second kappa shape index (κ2) is 11.2. The van der Waals surface area contributed by atoms with Gasteiger partial charge in [-0.3, -0.25) is 4.79 Å². The zero-order valence-corrected chi connectivity index (χ0v) is 20.5. The van der Waals surface area contributed by atoms with E-state index in [1.807, 2.05) is 6.26 Å². The molecule has 0 bridgehead atoms. The van der Waals surface area contributed by atoms with Crippen LogP contribution in [0.25, 0.3) is 0 Å². The Hall–Kier alpha value is -2.92. The van der Waals surface area contributed by atoms with Gasteiger partial charge in [0.2, 0.25) is 0 Å². The molecule has 7 nitrogen and oxygen atoms in total. The summed E-state index contributed by atoms with van der Waals surface area (Å²) in [6.07, 6.45) is -2.54. The summed E-state index contributed by atoms with van der Waals surface area (Å²) < 4.78 is 46.4. The first-order valence-corrected chi connectivity index (χ1v) is 12.3. The number of hydrogen-bond donors (Lipinski definition) is 1. The van der Waals surface area contributed by atoms with Crippen molar-refractivity contribution in [1.29, 1.82) is 0 Å². The Morgan fingerprint density at radius 1 is 1.17 bits per heavy atom. The van der Waals surface area contributed by atoms with Crippen molar-refractivity contribution in [2.45, 2.75) is 19.7 Å². The number of nitrogens with one attached hydrogen (secondary N) is 1. The van der Waals surface area contributed by atoms with E-state index in [4.69, 9.17) is 16.3 Å². The molecule has 1 aliphatic rings. The van der Waals surface area contributed by atoms with Crippen molar-refractivity contribution < 1.29 is 32.2 Å². The van der Waals surface area contributed by atoms with Gasteiger partial charge in [-0.2, -0.15) is 16.9 Å². The molecule has 0 spiro atoms. The van der Waals surface area contributed by atoms with Crippen LogP contribution in [0, 0.1) is 5.41 Å². The lowest BCUT2D eigenvalue weighted by atomic mass is 9.78. The number of urea groups is 1. The van der Waals surface area contributed by atoms with Crippen LogP contribution in [0.2, 0.25) is 5.02 Å². The van der Waals surface area contributed by atoms with Crippen molar-refractivity contribution in [3.05, 3.63) is 59.1 Å². The van der Waals surface area contributed by atoms with Crippen LogP contribution >= 0.6 is 23.4 Å². The van der Waals surface area contributed by atoms with Crippen LogP contribution in [-0.2, 0) is 9.53 Å². The molecule has 0 fully saturated rings. The molecule has 1 unspecified atom stereocenters. The number of amides is 2. The van der Waals surface area contributed by atoms with Crippen LogP contribution in [0.1, 0.15) is 18.9 Å². The molecule has 2 aromatic carbocycles. The van der Waals surface area contributed by atoms with Crippen molar-refractivity contribution in [3.8, 4) is 5.75 Å². The maximum atomic E-state index is 13.2. The maximum absolute atomic E-state index is 13.2. The summed E-state index contributed by atoms with van der Waals surface area (Å²) in [5.41, 5.74) is 0.0259. The smallest absolute Gasteiger partial charge is 0.465 e. The summed E-state index contributed by atoms with van der Waals surface area (Å²) in [6.45, 7) is 1.79. The molecule has 35 heavy (non-hydrogen) atoms. The van der Waals surface area contributed by atoms with Gasteiger partial charge in [0.1, 0.15) is 11.2 Å². The van der Waals surface area contributed by atoms with E-state index in [0.29, 0.717) is 28.5 Å². The number of thioether (sulfide) groups is 1. The van der Waals surface area contributed by atoms with Gasteiger partial charge in [-0.25, -0.2) is 9.80 Å². The summed E-state index contributed by atoms with van der Waals surface area (Å²) in [5, 5.41) is 8.69. The van der Waals surface area contributed by atoms with E-state index >= 15 is 0 Å². The summed E-state index contributed by atoms with van der Waals surface area (Å²) in [6, 6.07) is 10.8. The van der Waals surface area contributed by atoms with E-state index < -0.39 is 29.5 Å². The van der Waals surface area contributed by atoms with Gasteiger partial charge in [0.25, 0.3) is 0 Å². The van der Waals surface area contributed by atoms with Crippen LogP contribution in [0.4, 0.5) is 23.7 Å². The number of esters is 1. The molecule has 1 N–H and O–H groups in total. The van der Waals surface area contributed by atoms with Gasteiger partial charge in [0.05, 0.1) is 18.9 Å². The molecule has 0 aliphatic carbocycles. The molecular weight excluding hydrogens is 507 g/mol. The lowest BCUT2D eigenvalue weighted by Gasteiger charge is -2.28. The zero-order valence-electron chi connectivity index (χ0n) is 18.9. The number of anilines is 1. The van der Waals surface area contributed by atoms with Gasteiger partial charge < -0.3 is 14.8 Å². The molecule has 0 saturated carbocycles. The van der Waals surface area contributed by atoms with Gasteiger partial charge in [0, 0.05) is 10.7 Å². The number of halogens is 4. The summed E-state index contributed by atoms with van der Waals surface area (Å²) in [4.78, 5) is 26.2. The Balaban J connectivity index is 1.89. The van der Waals surface area contributed by atoms with E-state index in [9.17, 15) is 22.8 Å². The normalized spacial score (nSPS) is 17.7. The minimum Gasteiger partial charge on any atom is -0.465 e. The molecule has 0 saturated heterocycles. The molecular formula is C23H23ClF3N3O4S. The van der Waals surface area contributed by atoms with Gasteiger partial charge in [-0.1, -0.05) is 23.7 Å². The molecule has 0 radical (unpaired) electrons. The molecule has 1 aliphatic heterocycles. The molecule has 1 heterocycles. The number of nitrogens with zero attached hydrogens (tertiary/aromatic N) is 2. The first-order chi connectivity index (χ1) is 16.6. The molecule has 12 heteroatoms. The fourth-order valence-corrected chi connectivity index (χ4v) is 4.25. The summed E-state index contributed by atoms with van der Waals surface area (Å²) >= 11 is 7.57. The largest absolute Gasteiger partial charge is 0.573 e. The van der Waals surface area contributed by atoms with Gasteiger partial charge >= 0.3 is 18.4 Å². The molecule has 1 atom stereocenters. The quantitative estimate of drug-likeness (QED) is 0.438. The Morgan fingerprint density at radius 3 is 2.40 bits per heavy atom. The van der Waals surface area contributed by atoms with Gasteiger partial charge in [0.15, 0.2) is 0 Å². The van der Waals surface area contributed by atoms with Crippen molar-refractivity contribution in [3.63, 3.8) is 0 Å². The van der Waals surface area contributed by atoms with E-state index in [-0.39, 0.29) is 18.8 Å². The monoisotopic (exact) mass is 529 g/mol. The number of rotatable bonds is 8. The van der Waals surface area contributed by atoms with E-state index in [2.05, 4.69) is 15.2 Å². The highest BCUT2D eigenvalue weighted by Gasteiger charge is 2.51. The lowest BCUT2D eigenvalue weighted by molar-refractivity contribution is -0.274. The Kier molecular flexibility index (Phi) is 8.55. The standard InChI is InChI=1S/C23H23ClF3N3O4S/c1-3-33-20(31)22(12-13-35-2)14-30(29-19(22)15-4-6-16(24)7-5-15)21(32)28-17-8-10-18(11-9-17)34-23(25,26)27/h4-11H,3,12-14H2,1-2H3,(H,28,32). The molecule has 2 aromatic rings. The van der Waals surface area contributed by atoms with Crippen molar-refractivity contribution in [2.75, 3.05) is 30.5 Å². The average molecular weight is 530 g/mol. The fourth-order valence-electron chi connectivity index (χ4n) is 3.58. The second-order valence-electron chi connectivity index (χ2n) is 7.56. The van der Waals surface area contributed by atoms with Gasteiger partial charge in [-0.05, 0) is 67.3 Å². The summed E-state index contributed by atoms with van der Waals surface area (Å²) in [7, 11) is 0. The minimum atomic E-state index is -4.82. The van der Waals surface area contributed by atoms with Crippen LogP contribution in [0.5, 0.6) is 5.75 Å². The van der Waals surface area contributed by atoms with Crippen molar-refractivity contribution >= 4 is 46.8 Å². The Bertz CT molecular complexity index is 1080. The summed E-state index contributed by atoms with van der Waals surface area (Å²) in [5.74, 6) is -0.300. The van der Waals surface area contributed by atoms with Crippen LogP contribution in [0.15, 0.2) is 53.6 Å². The molecule has 3 rings (SSSR count). The number of carbonyl (C=O) groups excluding carboxylic acids is 2. The number of benzene rings is 2. The van der Waals surface area contributed by atoms with Crippen LogP contribution in [-0.4, -0.2) is 54.2 Å². The number of ether oxygens (including phenoxy) is 2. The number of carbonyl (C=O) groups is 2. The highest BCUT2D eigenvalue weighted by Crippen LogP contribution is 2.38.